The predicted molar refractivity (Wildman–Crippen MR) is 114 cm³/mol. The molecular formula is C20H29N5O3S. The lowest BCUT2D eigenvalue weighted by Crippen LogP contribution is -2.47. The molecule has 0 atom stereocenters. The Morgan fingerprint density at radius 3 is 2.55 bits per heavy atom. The number of carbonyl (C=O) groups is 1. The van der Waals surface area contributed by atoms with Gasteiger partial charge in [-0.05, 0) is 57.4 Å². The van der Waals surface area contributed by atoms with Crippen molar-refractivity contribution >= 4 is 21.7 Å². The van der Waals surface area contributed by atoms with Gasteiger partial charge in [0.25, 0.3) is 0 Å². The number of urea groups is 1. The number of rotatable bonds is 6. The first-order valence-corrected chi connectivity index (χ1v) is 11.6. The molecule has 1 fully saturated rings. The second-order valence-corrected chi connectivity index (χ2v) is 9.57. The van der Waals surface area contributed by atoms with Gasteiger partial charge in [-0.1, -0.05) is 13.0 Å². The van der Waals surface area contributed by atoms with Crippen LogP contribution in [0.2, 0.25) is 0 Å². The van der Waals surface area contributed by atoms with Crippen LogP contribution < -0.4 is 10.6 Å². The molecular weight excluding hydrogens is 390 g/mol. The van der Waals surface area contributed by atoms with Crippen LogP contribution in [0.4, 0.5) is 10.5 Å². The summed E-state index contributed by atoms with van der Waals surface area (Å²) < 4.78 is 27.7. The van der Waals surface area contributed by atoms with Gasteiger partial charge in [-0.3, -0.25) is 0 Å². The van der Waals surface area contributed by atoms with Crippen molar-refractivity contribution in [1.29, 1.82) is 0 Å². The van der Waals surface area contributed by atoms with E-state index in [2.05, 4.69) is 15.7 Å². The molecule has 0 radical (unpaired) electrons. The fourth-order valence-corrected chi connectivity index (χ4v) is 5.16. The third kappa shape index (κ3) is 5.36. The fourth-order valence-electron chi connectivity index (χ4n) is 3.62. The van der Waals surface area contributed by atoms with Gasteiger partial charge in [0, 0.05) is 30.5 Å². The maximum atomic E-state index is 12.4. The fraction of sp³-hybridized carbons (Fsp3) is 0.500. The van der Waals surface area contributed by atoms with Crippen LogP contribution in [0.15, 0.2) is 30.3 Å². The average Bonchev–Trinajstić information content (AvgIpc) is 3.00. The van der Waals surface area contributed by atoms with E-state index in [0.29, 0.717) is 38.0 Å². The van der Waals surface area contributed by atoms with Gasteiger partial charge in [0.15, 0.2) is 0 Å². The standard InChI is InChI=1S/C20H29N5O3S/c1-4-12-29(27,28)24-10-8-17(9-11-24)21-20(26)22-18-6-5-7-19(14-18)25-16(3)13-15(2)23-25/h5-7,13-14,17H,4,8-12H2,1-3H3,(H2,21,22,26). The van der Waals surface area contributed by atoms with Gasteiger partial charge in [0.1, 0.15) is 0 Å². The molecule has 9 heteroatoms. The van der Waals surface area contributed by atoms with Crippen molar-refractivity contribution in [3.05, 3.63) is 41.7 Å². The summed E-state index contributed by atoms with van der Waals surface area (Å²) in [6.45, 7) is 6.68. The number of aryl methyl sites for hydroxylation is 2. The highest BCUT2D eigenvalue weighted by molar-refractivity contribution is 7.89. The number of aromatic nitrogens is 2. The highest BCUT2D eigenvalue weighted by atomic mass is 32.2. The minimum absolute atomic E-state index is 0.0396. The lowest BCUT2D eigenvalue weighted by molar-refractivity contribution is 0.238. The molecule has 2 N–H and O–H groups in total. The monoisotopic (exact) mass is 419 g/mol. The molecule has 2 heterocycles. The first-order chi connectivity index (χ1) is 13.8. The van der Waals surface area contributed by atoms with Crippen LogP contribution >= 0.6 is 0 Å². The van der Waals surface area contributed by atoms with E-state index < -0.39 is 10.0 Å². The van der Waals surface area contributed by atoms with Crippen LogP contribution in [0.3, 0.4) is 0 Å². The number of piperidine rings is 1. The first-order valence-electron chi connectivity index (χ1n) is 9.97. The zero-order valence-electron chi connectivity index (χ0n) is 17.2. The second kappa shape index (κ2) is 8.96. The zero-order chi connectivity index (χ0) is 21.0. The number of sulfonamides is 1. The van der Waals surface area contributed by atoms with E-state index in [4.69, 9.17) is 0 Å². The highest BCUT2D eigenvalue weighted by Crippen LogP contribution is 2.18. The molecule has 29 heavy (non-hydrogen) atoms. The number of nitrogens with zero attached hydrogens (tertiary/aromatic N) is 3. The van der Waals surface area contributed by atoms with E-state index >= 15 is 0 Å². The normalized spacial score (nSPS) is 16.0. The molecule has 0 saturated carbocycles. The van der Waals surface area contributed by atoms with Crippen molar-refractivity contribution in [2.24, 2.45) is 0 Å². The number of nitrogens with one attached hydrogen (secondary N) is 2. The molecule has 1 aromatic heterocycles. The average molecular weight is 420 g/mol. The summed E-state index contributed by atoms with van der Waals surface area (Å²) >= 11 is 0. The summed E-state index contributed by atoms with van der Waals surface area (Å²) in [5.41, 5.74) is 3.51. The van der Waals surface area contributed by atoms with Crippen LogP contribution in [0.1, 0.15) is 37.6 Å². The van der Waals surface area contributed by atoms with Crippen LogP contribution in [0, 0.1) is 13.8 Å². The Hall–Kier alpha value is -2.39. The van der Waals surface area contributed by atoms with Crippen molar-refractivity contribution in [2.75, 3.05) is 24.2 Å². The van der Waals surface area contributed by atoms with Gasteiger partial charge in [-0.25, -0.2) is 22.2 Å². The molecule has 3 rings (SSSR count). The molecule has 1 saturated heterocycles. The highest BCUT2D eigenvalue weighted by Gasteiger charge is 2.27. The molecule has 0 bridgehead atoms. The van der Waals surface area contributed by atoms with Crippen molar-refractivity contribution in [3.63, 3.8) is 0 Å². The zero-order valence-corrected chi connectivity index (χ0v) is 18.0. The largest absolute Gasteiger partial charge is 0.335 e. The maximum absolute atomic E-state index is 12.4. The van der Waals surface area contributed by atoms with E-state index in [1.54, 1.807) is 0 Å². The molecule has 158 valence electrons. The molecule has 0 unspecified atom stereocenters. The van der Waals surface area contributed by atoms with E-state index in [1.165, 1.54) is 4.31 Å². The third-order valence-electron chi connectivity index (χ3n) is 5.00. The van der Waals surface area contributed by atoms with Gasteiger partial charge in [0.05, 0.1) is 17.1 Å². The van der Waals surface area contributed by atoms with Gasteiger partial charge in [0.2, 0.25) is 10.0 Å². The Morgan fingerprint density at radius 1 is 1.21 bits per heavy atom. The van der Waals surface area contributed by atoms with Gasteiger partial charge >= 0.3 is 6.03 Å². The van der Waals surface area contributed by atoms with Crippen molar-refractivity contribution < 1.29 is 13.2 Å². The Bertz CT molecular complexity index is 962. The Kier molecular flexibility index (Phi) is 6.59. The van der Waals surface area contributed by atoms with Crippen LogP contribution in [-0.4, -0.2) is 53.4 Å². The Balaban J connectivity index is 1.56. The third-order valence-corrected chi connectivity index (χ3v) is 7.08. The summed E-state index contributed by atoms with van der Waals surface area (Å²) in [5, 5.41) is 10.3. The van der Waals surface area contributed by atoms with Gasteiger partial charge in [-0.2, -0.15) is 5.10 Å². The first kappa shape index (κ1) is 21.3. The summed E-state index contributed by atoms with van der Waals surface area (Å²) in [6, 6.07) is 9.19. The topological polar surface area (TPSA) is 96.3 Å². The number of hydrogen-bond donors (Lipinski definition) is 2. The molecule has 1 aliphatic heterocycles. The summed E-state index contributed by atoms with van der Waals surface area (Å²) in [5.74, 6) is 0.178. The second-order valence-electron chi connectivity index (χ2n) is 7.48. The summed E-state index contributed by atoms with van der Waals surface area (Å²) in [4.78, 5) is 12.4. The van der Waals surface area contributed by atoms with E-state index in [-0.39, 0.29) is 17.8 Å². The van der Waals surface area contributed by atoms with E-state index in [9.17, 15) is 13.2 Å². The summed E-state index contributed by atoms with van der Waals surface area (Å²) in [7, 11) is -3.17. The number of amides is 2. The van der Waals surface area contributed by atoms with Crippen molar-refractivity contribution in [3.8, 4) is 5.69 Å². The van der Waals surface area contributed by atoms with Crippen molar-refractivity contribution in [2.45, 2.75) is 46.1 Å². The smallest absolute Gasteiger partial charge is 0.319 e. The number of benzene rings is 1. The quantitative estimate of drug-likeness (QED) is 0.752. The Labute approximate surface area is 172 Å². The minimum atomic E-state index is -3.17. The van der Waals surface area contributed by atoms with E-state index in [1.807, 2.05) is 55.8 Å². The molecule has 1 aliphatic rings. The van der Waals surface area contributed by atoms with Crippen LogP contribution in [0.25, 0.3) is 5.69 Å². The predicted octanol–water partition coefficient (Wildman–Crippen LogP) is 2.81. The van der Waals surface area contributed by atoms with Gasteiger partial charge in [-0.15, -0.1) is 0 Å². The van der Waals surface area contributed by atoms with Crippen LogP contribution in [-0.2, 0) is 10.0 Å². The molecule has 0 spiro atoms. The lowest BCUT2D eigenvalue weighted by atomic mass is 10.1. The molecule has 0 aliphatic carbocycles. The molecule has 8 nitrogen and oxygen atoms in total. The van der Waals surface area contributed by atoms with E-state index in [0.717, 1.165) is 17.1 Å². The Morgan fingerprint density at radius 2 is 1.93 bits per heavy atom. The number of carbonyl (C=O) groups excluding carboxylic acids is 1. The summed E-state index contributed by atoms with van der Waals surface area (Å²) in [6.07, 6.45) is 1.84. The molecule has 2 amide bonds. The number of anilines is 1. The minimum Gasteiger partial charge on any atom is -0.335 e. The molecule has 2 aromatic rings. The van der Waals surface area contributed by atoms with Crippen LogP contribution in [0.5, 0.6) is 0 Å². The SMILES string of the molecule is CCCS(=O)(=O)N1CCC(NC(=O)Nc2cccc(-n3nc(C)cc3C)c2)CC1. The lowest BCUT2D eigenvalue weighted by Gasteiger charge is -2.31. The van der Waals surface area contributed by atoms with Crippen molar-refractivity contribution in [1.82, 2.24) is 19.4 Å². The molecule has 1 aromatic carbocycles. The maximum Gasteiger partial charge on any atom is 0.319 e. The van der Waals surface area contributed by atoms with Gasteiger partial charge < -0.3 is 10.6 Å². The number of hydrogen-bond acceptors (Lipinski definition) is 4.